The third kappa shape index (κ3) is 6.07. The summed E-state index contributed by atoms with van der Waals surface area (Å²) < 4.78 is 0. The second-order valence-corrected chi connectivity index (χ2v) is 6.77. The van der Waals surface area contributed by atoms with Gasteiger partial charge < -0.3 is 16.0 Å². The summed E-state index contributed by atoms with van der Waals surface area (Å²) >= 11 is 1.68. The number of aliphatic imine (C=N–C) groups is 1. The summed E-state index contributed by atoms with van der Waals surface area (Å²) in [5.74, 6) is 0.678. The Hall–Kier alpha value is -0.900. The number of aromatic nitrogens is 1. The third-order valence-electron chi connectivity index (χ3n) is 3.18. The van der Waals surface area contributed by atoms with Crippen molar-refractivity contribution < 1.29 is 4.79 Å². The van der Waals surface area contributed by atoms with E-state index in [1.165, 1.54) is 4.88 Å². The molecule has 0 aliphatic rings. The van der Waals surface area contributed by atoms with Gasteiger partial charge in [0.25, 0.3) is 0 Å². The van der Waals surface area contributed by atoms with Crippen molar-refractivity contribution in [3.8, 4) is 0 Å². The van der Waals surface area contributed by atoms with Gasteiger partial charge in [0.2, 0.25) is 5.91 Å². The number of carbonyl (C=O) groups is 1. The van der Waals surface area contributed by atoms with Crippen LogP contribution in [0.1, 0.15) is 29.4 Å². The fourth-order valence-corrected chi connectivity index (χ4v) is 2.72. The van der Waals surface area contributed by atoms with E-state index in [2.05, 4.69) is 25.9 Å². The number of aryl methyl sites for hydroxylation is 2. The molecule has 126 valence electrons. The van der Waals surface area contributed by atoms with Crippen LogP contribution in [0.25, 0.3) is 0 Å². The van der Waals surface area contributed by atoms with Gasteiger partial charge in [0.15, 0.2) is 5.96 Å². The van der Waals surface area contributed by atoms with Crippen molar-refractivity contribution in [3.05, 3.63) is 15.6 Å². The number of nitrogens with zero attached hydrogens (tertiary/aromatic N) is 2. The highest BCUT2D eigenvalue weighted by molar-refractivity contribution is 14.0. The molecule has 6 nitrogen and oxygen atoms in total. The third-order valence-corrected chi connectivity index (χ3v) is 4.25. The summed E-state index contributed by atoms with van der Waals surface area (Å²) in [5.41, 5.74) is 0.551. The largest absolute Gasteiger partial charge is 0.359 e. The molecule has 0 saturated heterocycles. The van der Waals surface area contributed by atoms with Crippen LogP contribution >= 0.6 is 35.3 Å². The van der Waals surface area contributed by atoms with Crippen molar-refractivity contribution in [1.29, 1.82) is 0 Å². The fraction of sp³-hybridized carbons (Fsp3) is 0.643. The topological polar surface area (TPSA) is 78.4 Å². The maximum atomic E-state index is 11.7. The number of hydrogen-bond donors (Lipinski definition) is 3. The van der Waals surface area contributed by atoms with Crippen LogP contribution in [0, 0.1) is 19.3 Å². The molecule has 1 aromatic rings. The normalized spacial score (nSPS) is 11.6. The highest BCUT2D eigenvalue weighted by Crippen LogP contribution is 2.16. The first-order valence-electron chi connectivity index (χ1n) is 6.89. The maximum absolute atomic E-state index is 11.7. The van der Waals surface area contributed by atoms with Crippen molar-refractivity contribution in [2.75, 3.05) is 20.6 Å². The van der Waals surface area contributed by atoms with Crippen molar-refractivity contribution in [3.63, 3.8) is 0 Å². The number of thiazole rings is 1. The van der Waals surface area contributed by atoms with Gasteiger partial charge in [-0.05, 0) is 27.7 Å². The van der Waals surface area contributed by atoms with Gasteiger partial charge in [0.05, 0.1) is 22.7 Å². The molecular weight excluding hydrogens is 413 g/mol. The average molecular weight is 439 g/mol. The number of amides is 1. The predicted molar refractivity (Wildman–Crippen MR) is 103 cm³/mol. The summed E-state index contributed by atoms with van der Waals surface area (Å²) in [6.07, 6.45) is 0. The lowest BCUT2D eigenvalue weighted by atomic mass is 9.92. The van der Waals surface area contributed by atoms with Crippen LogP contribution in [-0.4, -0.2) is 37.5 Å². The second-order valence-electron chi connectivity index (χ2n) is 5.48. The molecule has 0 spiro atoms. The van der Waals surface area contributed by atoms with Gasteiger partial charge in [-0.25, -0.2) is 4.98 Å². The highest BCUT2D eigenvalue weighted by atomic mass is 127. The summed E-state index contributed by atoms with van der Waals surface area (Å²) in [5, 5.41) is 10.2. The first-order valence-corrected chi connectivity index (χ1v) is 7.71. The SMILES string of the molecule is CN=C(NCc1sc(C)nc1C)NCC(C)(C)C(=O)NC.I. The average Bonchev–Trinajstić information content (AvgIpc) is 2.76. The summed E-state index contributed by atoms with van der Waals surface area (Å²) in [7, 11) is 3.36. The van der Waals surface area contributed by atoms with E-state index in [4.69, 9.17) is 0 Å². The number of halogens is 1. The Morgan fingerprint density at radius 2 is 1.95 bits per heavy atom. The quantitative estimate of drug-likeness (QED) is 0.372. The molecule has 0 bridgehead atoms. The Kier molecular flexibility index (Phi) is 8.91. The Bertz CT molecular complexity index is 527. The molecule has 1 heterocycles. The standard InChI is InChI=1S/C14H25N5OS.HI/c1-9-11(21-10(2)19-9)7-17-13(16-6)18-8-14(3,4)12(20)15-5;/h7-8H2,1-6H3,(H,15,20)(H2,16,17,18);1H. The predicted octanol–water partition coefficient (Wildman–Crippen LogP) is 1.82. The molecule has 0 aliphatic carbocycles. The highest BCUT2D eigenvalue weighted by Gasteiger charge is 2.26. The van der Waals surface area contributed by atoms with E-state index in [1.54, 1.807) is 25.4 Å². The van der Waals surface area contributed by atoms with E-state index in [0.717, 1.165) is 10.7 Å². The van der Waals surface area contributed by atoms with Crippen LogP contribution in [0.15, 0.2) is 4.99 Å². The molecule has 0 atom stereocenters. The van der Waals surface area contributed by atoms with E-state index in [-0.39, 0.29) is 29.9 Å². The van der Waals surface area contributed by atoms with Gasteiger partial charge in [-0.15, -0.1) is 35.3 Å². The van der Waals surface area contributed by atoms with E-state index >= 15 is 0 Å². The molecule has 1 aromatic heterocycles. The minimum Gasteiger partial charge on any atom is -0.359 e. The molecule has 0 aromatic carbocycles. The van der Waals surface area contributed by atoms with E-state index in [0.29, 0.717) is 19.0 Å². The van der Waals surface area contributed by atoms with Crippen LogP contribution in [0.3, 0.4) is 0 Å². The number of rotatable bonds is 5. The molecule has 3 N–H and O–H groups in total. The molecule has 0 fully saturated rings. The zero-order valence-corrected chi connectivity index (χ0v) is 17.2. The van der Waals surface area contributed by atoms with Gasteiger partial charge >= 0.3 is 0 Å². The van der Waals surface area contributed by atoms with Crippen LogP contribution in [-0.2, 0) is 11.3 Å². The van der Waals surface area contributed by atoms with Gasteiger partial charge in [-0.3, -0.25) is 9.79 Å². The van der Waals surface area contributed by atoms with Gasteiger partial charge in [-0.2, -0.15) is 0 Å². The van der Waals surface area contributed by atoms with Crippen molar-refractivity contribution in [2.45, 2.75) is 34.2 Å². The van der Waals surface area contributed by atoms with Gasteiger partial charge in [0.1, 0.15) is 0 Å². The monoisotopic (exact) mass is 439 g/mol. The lowest BCUT2D eigenvalue weighted by Crippen LogP contribution is -2.47. The van der Waals surface area contributed by atoms with Crippen molar-refractivity contribution in [1.82, 2.24) is 20.9 Å². The summed E-state index contributed by atoms with van der Waals surface area (Å²) in [4.78, 5) is 21.5. The van der Waals surface area contributed by atoms with E-state index in [9.17, 15) is 4.79 Å². The maximum Gasteiger partial charge on any atom is 0.227 e. The molecule has 0 saturated carbocycles. The molecule has 0 unspecified atom stereocenters. The molecule has 1 amide bonds. The Labute approximate surface area is 153 Å². The van der Waals surface area contributed by atoms with Crippen LogP contribution in [0.5, 0.6) is 0 Å². The van der Waals surface area contributed by atoms with E-state index < -0.39 is 5.41 Å². The Morgan fingerprint density at radius 1 is 1.32 bits per heavy atom. The lowest BCUT2D eigenvalue weighted by molar-refractivity contribution is -0.128. The molecular formula is C14H26IN5OS. The smallest absolute Gasteiger partial charge is 0.227 e. The molecule has 8 heteroatoms. The zero-order valence-electron chi connectivity index (χ0n) is 14.0. The summed E-state index contributed by atoms with van der Waals surface area (Å²) in [6.45, 7) is 8.97. The van der Waals surface area contributed by atoms with E-state index in [1.807, 2.05) is 27.7 Å². The first kappa shape index (κ1) is 21.1. The van der Waals surface area contributed by atoms with Crippen molar-refractivity contribution >= 4 is 47.2 Å². The molecule has 0 radical (unpaired) electrons. The number of hydrogen-bond acceptors (Lipinski definition) is 4. The minimum atomic E-state index is -0.497. The minimum absolute atomic E-state index is 0. The zero-order chi connectivity index (χ0) is 16.0. The first-order chi connectivity index (χ1) is 9.80. The molecule has 1 rings (SSSR count). The second kappa shape index (κ2) is 9.29. The van der Waals surface area contributed by atoms with Crippen LogP contribution < -0.4 is 16.0 Å². The van der Waals surface area contributed by atoms with Crippen molar-refractivity contribution in [2.24, 2.45) is 10.4 Å². The Balaban J connectivity index is 0.00000441. The van der Waals surface area contributed by atoms with Gasteiger partial charge in [0, 0.05) is 25.5 Å². The fourth-order valence-electron chi connectivity index (χ4n) is 1.85. The summed E-state index contributed by atoms with van der Waals surface area (Å²) in [6, 6.07) is 0. The number of guanidine groups is 1. The lowest BCUT2D eigenvalue weighted by Gasteiger charge is -2.24. The number of carbonyl (C=O) groups excluding carboxylic acids is 1. The van der Waals surface area contributed by atoms with Gasteiger partial charge in [-0.1, -0.05) is 0 Å². The Morgan fingerprint density at radius 3 is 2.41 bits per heavy atom. The van der Waals surface area contributed by atoms with Crippen LogP contribution in [0.4, 0.5) is 0 Å². The molecule has 0 aliphatic heterocycles. The number of nitrogens with one attached hydrogen (secondary N) is 3. The van der Waals surface area contributed by atoms with Crippen LogP contribution in [0.2, 0.25) is 0 Å². The molecule has 22 heavy (non-hydrogen) atoms.